The Bertz CT molecular complexity index is 863. The third kappa shape index (κ3) is 3.95. The van der Waals surface area contributed by atoms with Gasteiger partial charge in [-0.3, -0.25) is 0 Å². The Labute approximate surface area is 146 Å². The first kappa shape index (κ1) is 18.4. The van der Waals surface area contributed by atoms with E-state index in [9.17, 15) is 13.2 Å². The fourth-order valence-corrected chi connectivity index (χ4v) is 3.42. The summed E-state index contributed by atoms with van der Waals surface area (Å²) >= 11 is 5.97. The summed E-state index contributed by atoms with van der Waals surface area (Å²) in [6.45, 7) is 2.04. The lowest BCUT2D eigenvalue weighted by atomic mass is 10.1. The van der Waals surface area contributed by atoms with Crippen molar-refractivity contribution in [2.75, 3.05) is 14.1 Å². The van der Waals surface area contributed by atoms with E-state index in [1.54, 1.807) is 0 Å². The first-order chi connectivity index (χ1) is 11.2. The quantitative estimate of drug-likeness (QED) is 0.761. The van der Waals surface area contributed by atoms with Gasteiger partial charge in [-0.15, -0.1) is 0 Å². The van der Waals surface area contributed by atoms with Crippen LogP contribution in [0.25, 0.3) is 0 Å². The summed E-state index contributed by atoms with van der Waals surface area (Å²) in [5.41, 5.74) is 2.03. The van der Waals surface area contributed by atoms with Crippen LogP contribution in [0.3, 0.4) is 0 Å². The molecule has 0 aliphatic carbocycles. The third-order valence-corrected chi connectivity index (χ3v) is 5.84. The fourth-order valence-electron chi connectivity index (χ4n) is 2.02. The summed E-state index contributed by atoms with van der Waals surface area (Å²) in [5.74, 6) is -0.606. The summed E-state index contributed by atoms with van der Waals surface area (Å²) in [6, 6.07) is 11.6. The number of hydrogen-bond donors (Lipinski definition) is 0. The van der Waals surface area contributed by atoms with Gasteiger partial charge in [-0.05, 0) is 36.2 Å². The van der Waals surface area contributed by atoms with Crippen LogP contribution >= 0.6 is 11.6 Å². The lowest BCUT2D eigenvalue weighted by molar-refractivity contribution is 0.0472. The Hall–Kier alpha value is -1.89. The number of aryl methyl sites for hydroxylation is 1. The molecule has 0 aliphatic heterocycles. The Morgan fingerprint density at radius 2 is 1.83 bits per heavy atom. The number of sulfonamides is 1. The summed E-state index contributed by atoms with van der Waals surface area (Å²) in [4.78, 5) is 12.1. The average Bonchev–Trinajstić information content (AvgIpc) is 2.54. The summed E-state index contributed by atoms with van der Waals surface area (Å²) in [6.07, 6.45) is 0. The van der Waals surface area contributed by atoms with Gasteiger partial charge in [-0.25, -0.2) is 17.5 Å². The van der Waals surface area contributed by atoms with E-state index in [0.717, 1.165) is 15.4 Å². The number of benzene rings is 2. The highest BCUT2D eigenvalue weighted by atomic mass is 35.5. The molecule has 2 aromatic carbocycles. The molecule has 5 nitrogen and oxygen atoms in total. The van der Waals surface area contributed by atoms with Crippen molar-refractivity contribution < 1.29 is 17.9 Å². The molecule has 7 heteroatoms. The van der Waals surface area contributed by atoms with Gasteiger partial charge in [0.15, 0.2) is 0 Å². The average molecular weight is 368 g/mol. The van der Waals surface area contributed by atoms with Crippen molar-refractivity contribution in [1.82, 2.24) is 4.31 Å². The van der Waals surface area contributed by atoms with Gasteiger partial charge in [0.25, 0.3) is 0 Å². The molecule has 24 heavy (non-hydrogen) atoms. The molecule has 0 fully saturated rings. The molecule has 0 amide bonds. The third-order valence-electron chi connectivity index (χ3n) is 3.55. The second kappa shape index (κ2) is 7.34. The van der Waals surface area contributed by atoms with Crippen LogP contribution in [0, 0.1) is 6.92 Å². The highest BCUT2D eigenvalue weighted by molar-refractivity contribution is 7.89. The van der Waals surface area contributed by atoms with Crippen LogP contribution in [-0.2, 0) is 21.4 Å². The molecule has 2 rings (SSSR count). The molecule has 0 saturated heterocycles. The number of halogens is 1. The minimum absolute atomic E-state index is 0.0548. The van der Waals surface area contributed by atoms with E-state index in [-0.39, 0.29) is 22.1 Å². The van der Waals surface area contributed by atoms with Crippen LogP contribution < -0.4 is 0 Å². The Morgan fingerprint density at radius 3 is 2.46 bits per heavy atom. The Morgan fingerprint density at radius 1 is 1.17 bits per heavy atom. The maximum absolute atomic E-state index is 12.2. The van der Waals surface area contributed by atoms with Gasteiger partial charge in [0.05, 0.1) is 10.6 Å². The van der Waals surface area contributed by atoms with Gasteiger partial charge in [0.1, 0.15) is 11.5 Å². The number of esters is 1. The zero-order valence-electron chi connectivity index (χ0n) is 13.6. The molecule has 0 atom stereocenters. The number of carbonyl (C=O) groups is 1. The molecule has 0 N–H and O–H groups in total. The Kier molecular flexibility index (Phi) is 5.64. The van der Waals surface area contributed by atoms with Gasteiger partial charge in [-0.2, -0.15) is 0 Å². The van der Waals surface area contributed by atoms with Gasteiger partial charge in [-0.1, -0.05) is 35.9 Å². The summed E-state index contributed by atoms with van der Waals surface area (Å²) in [5, 5.41) is 0.0548. The van der Waals surface area contributed by atoms with Crippen LogP contribution in [-0.4, -0.2) is 32.8 Å². The van der Waals surface area contributed by atoms with Gasteiger partial charge in [0, 0.05) is 14.1 Å². The molecule has 0 spiro atoms. The molecule has 0 heterocycles. The topological polar surface area (TPSA) is 63.7 Å². The van der Waals surface area contributed by atoms with Crippen molar-refractivity contribution in [1.29, 1.82) is 0 Å². The zero-order valence-corrected chi connectivity index (χ0v) is 15.2. The normalized spacial score (nSPS) is 11.5. The SMILES string of the molecule is Cc1ccccc1COC(=O)c1ccc(Cl)c(S(=O)(=O)N(C)C)c1. The molecular weight excluding hydrogens is 350 g/mol. The number of hydrogen-bond acceptors (Lipinski definition) is 4. The van der Waals surface area contributed by atoms with Crippen LogP contribution in [0.15, 0.2) is 47.4 Å². The van der Waals surface area contributed by atoms with Crippen LogP contribution in [0.2, 0.25) is 5.02 Å². The van der Waals surface area contributed by atoms with Gasteiger partial charge in [0.2, 0.25) is 10.0 Å². The Balaban J connectivity index is 2.23. The number of nitrogens with zero attached hydrogens (tertiary/aromatic N) is 1. The summed E-state index contributed by atoms with van der Waals surface area (Å²) in [7, 11) is -0.948. The van der Waals surface area contributed by atoms with Crippen molar-refractivity contribution in [3.8, 4) is 0 Å². The highest BCUT2D eigenvalue weighted by Crippen LogP contribution is 2.25. The van der Waals surface area contributed by atoms with E-state index < -0.39 is 16.0 Å². The van der Waals surface area contributed by atoms with E-state index in [4.69, 9.17) is 16.3 Å². The van der Waals surface area contributed by atoms with E-state index in [1.807, 2.05) is 31.2 Å². The molecule has 0 bridgehead atoms. The van der Waals surface area contributed by atoms with Crippen LogP contribution in [0.1, 0.15) is 21.5 Å². The number of ether oxygens (including phenoxy) is 1. The fraction of sp³-hybridized carbons (Fsp3) is 0.235. The van der Waals surface area contributed by atoms with Crippen molar-refractivity contribution in [3.63, 3.8) is 0 Å². The molecular formula is C17H18ClNO4S. The molecule has 0 radical (unpaired) electrons. The van der Waals surface area contributed by atoms with Gasteiger partial charge < -0.3 is 4.74 Å². The maximum Gasteiger partial charge on any atom is 0.338 e. The lowest BCUT2D eigenvalue weighted by Gasteiger charge is -2.14. The number of carbonyl (C=O) groups excluding carboxylic acids is 1. The predicted octanol–water partition coefficient (Wildman–Crippen LogP) is 3.26. The van der Waals surface area contributed by atoms with Crippen LogP contribution in [0.5, 0.6) is 0 Å². The largest absolute Gasteiger partial charge is 0.457 e. The van der Waals surface area contributed by atoms with Crippen LogP contribution in [0.4, 0.5) is 0 Å². The minimum atomic E-state index is -3.74. The van der Waals surface area contributed by atoms with E-state index >= 15 is 0 Å². The van der Waals surface area contributed by atoms with E-state index in [1.165, 1.54) is 32.3 Å². The predicted molar refractivity (Wildman–Crippen MR) is 92.6 cm³/mol. The molecule has 0 aliphatic rings. The van der Waals surface area contributed by atoms with Crippen molar-refractivity contribution in [2.24, 2.45) is 0 Å². The summed E-state index contributed by atoms with van der Waals surface area (Å²) < 4.78 is 30.8. The van der Waals surface area contributed by atoms with Crippen molar-refractivity contribution >= 4 is 27.6 Å². The lowest BCUT2D eigenvalue weighted by Crippen LogP contribution is -2.23. The second-order valence-electron chi connectivity index (χ2n) is 5.44. The van der Waals surface area contributed by atoms with Gasteiger partial charge >= 0.3 is 5.97 Å². The molecule has 2 aromatic rings. The molecule has 0 saturated carbocycles. The van der Waals surface area contributed by atoms with Crippen molar-refractivity contribution in [2.45, 2.75) is 18.4 Å². The van der Waals surface area contributed by atoms with E-state index in [0.29, 0.717) is 0 Å². The molecule has 0 unspecified atom stereocenters. The number of rotatable bonds is 5. The minimum Gasteiger partial charge on any atom is -0.457 e. The first-order valence-electron chi connectivity index (χ1n) is 7.17. The monoisotopic (exact) mass is 367 g/mol. The molecule has 0 aromatic heterocycles. The van der Waals surface area contributed by atoms with E-state index in [2.05, 4.69) is 0 Å². The molecule has 128 valence electrons. The smallest absolute Gasteiger partial charge is 0.338 e. The standard InChI is InChI=1S/C17H18ClNO4S/c1-12-6-4-5-7-14(12)11-23-17(20)13-8-9-15(18)16(10-13)24(21,22)19(2)3/h4-10H,11H2,1-3H3. The maximum atomic E-state index is 12.2. The highest BCUT2D eigenvalue weighted by Gasteiger charge is 2.22. The zero-order chi connectivity index (χ0) is 17.9. The second-order valence-corrected chi connectivity index (χ2v) is 7.96. The van der Waals surface area contributed by atoms with Crippen molar-refractivity contribution in [3.05, 3.63) is 64.2 Å². The first-order valence-corrected chi connectivity index (χ1v) is 8.99.